The molecule has 1 aliphatic heterocycles. The number of anilines is 1. The van der Waals surface area contributed by atoms with Gasteiger partial charge < -0.3 is 15.2 Å². The summed E-state index contributed by atoms with van der Waals surface area (Å²) >= 11 is 0. The van der Waals surface area contributed by atoms with Crippen molar-refractivity contribution in [1.29, 1.82) is 10.7 Å². The average Bonchev–Trinajstić information content (AvgIpc) is 2.93. The Kier molecular flexibility index (Phi) is 4.07. The van der Waals surface area contributed by atoms with E-state index >= 15 is 0 Å². The van der Waals surface area contributed by atoms with Gasteiger partial charge in [0.15, 0.2) is 12.1 Å². The Morgan fingerprint density at radius 1 is 1.42 bits per heavy atom. The third-order valence-electron chi connectivity index (χ3n) is 2.49. The van der Waals surface area contributed by atoms with Crippen LogP contribution in [0.1, 0.15) is 11.9 Å². The van der Waals surface area contributed by atoms with E-state index in [2.05, 4.69) is 10.5 Å². The van der Waals surface area contributed by atoms with Crippen molar-refractivity contribution >= 4 is 17.2 Å². The minimum absolute atomic E-state index is 0.178. The molecule has 2 rings (SSSR count). The molecule has 0 atom stereocenters. The third kappa shape index (κ3) is 3.07. The molecule has 0 saturated carbocycles. The first-order valence-corrected chi connectivity index (χ1v) is 5.62. The second kappa shape index (κ2) is 5.95. The van der Waals surface area contributed by atoms with Crippen molar-refractivity contribution in [2.45, 2.75) is 6.29 Å². The predicted molar refractivity (Wildman–Crippen MR) is 69.7 cm³/mol. The Hall–Kier alpha value is -2.43. The molecule has 1 aliphatic rings. The minimum Gasteiger partial charge on any atom is -0.382 e. The highest BCUT2D eigenvalue weighted by Crippen LogP contribution is 2.29. The van der Waals surface area contributed by atoms with Gasteiger partial charge in [0.2, 0.25) is 5.71 Å². The molecule has 0 radical (unpaired) electrons. The number of para-hydroxylation sites is 1. The molecular weight excluding hydrogens is 246 g/mol. The summed E-state index contributed by atoms with van der Waals surface area (Å²) in [7, 11) is 0. The fourth-order valence-corrected chi connectivity index (χ4v) is 1.60. The number of nitriles is 1. The zero-order valence-corrected chi connectivity index (χ0v) is 10.1. The second-order valence-electron chi connectivity index (χ2n) is 3.76. The van der Waals surface area contributed by atoms with Crippen molar-refractivity contribution in [1.82, 2.24) is 0 Å². The van der Waals surface area contributed by atoms with Crippen LogP contribution in [0.3, 0.4) is 0 Å². The summed E-state index contributed by atoms with van der Waals surface area (Å²) in [6.07, 6.45) is -0.443. The number of nitrogens with one attached hydrogen (secondary N) is 2. The first-order valence-electron chi connectivity index (χ1n) is 5.62. The van der Waals surface area contributed by atoms with E-state index in [0.717, 1.165) is 5.56 Å². The number of hydrogen-bond donors (Lipinski definition) is 3. The lowest BCUT2D eigenvalue weighted by atomic mass is 10.2. The van der Waals surface area contributed by atoms with Gasteiger partial charge in [0, 0.05) is 5.56 Å². The summed E-state index contributed by atoms with van der Waals surface area (Å²) in [5.41, 5.74) is 9.17. The number of hydrogen-bond acceptors (Lipinski definition) is 6. The first-order chi connectivity index (χ1) is 9.22. The molecule has 0 unspecified atom stereocenters. The van der Waals surface area contributed by atoms with Gasteiger partial charge in [-0.25, -0.2) is 0 Å². The van der Waals surface area contributed by atoms with E-state index in [9.17, 15) is 0 Å². The first kappa shape index (κ1) is 13.0. The molecule has 1 aromatic carbocycles. The summed E-state index contributed by atoms with van der Waals surface area (Å²) < 4.78 is 10.8. The fraction of sp³-hybridized carbons (Fsp3) is 0.250. The van der Waals surface area contributed by atoms with E-state index < -0.39 is 6.29 Å². The maximum atomic E-state index is 8.76. The van der Waals surface area contributed by atoms with Crippen LogP contribution in [0.15, 0.2) is 29.4 Å². The maximum Gasteiger partial charge on any atom is 0.201 e. The normalized spacial score (nSPS) is 16.1. The molecule has 98 valence electrons. The fourth-order valence-electron chi connectivity index (χ4n) is 1.60. The van der Waals surface area contributed by atoms with Crippen molar-refractivity contribution in [2.75, 3.05) is 18.6 Å². The topological polar surface area (TPSA) is 117 Å². The predicted octanol–water partition coefficient (Wildman–Crippen LogP) is 0.959. The van der Waals surface area contributed by atoms with E-state index in [0.29, 0.717) is 18.9 Å². The number of nitrogens with two attached hydrogens (primary N) is 1. The lowest BCUT2D eigenvalue weighted by Gasteiger charge is -2.13. The quantitative estimate of drug-likeness (QED) is 0.423. The van der Waals surface area contributed by atoms with Gasteiger partial charge in [-0.05, 0) is 6.07 Å². The zero-order valence-electron chi connectivity index (χ0n) is 10.1. The number of ether oxygens (including phenoxy) is 2. The molecule has 4 N–H and O–H groups in total. The molecule has 19 heavy (non-hydrogen) atoms. The van der Waals surface area contributed by atoms with Gasteiger partial charge in [0.25, 0.3) is 0 Å². The van der Waals surface area contributed by atoms with Gasteiger partial charge in [-0.2, -0.15) is 10.4 Å². The Balaban J connectivity index is 2.21. The van der Waals surface area contributed by atoms with Crippen molar-refractivity contribution in [2.24, 2.45) is 10.8 Å². The molecule has 1 heterocycles. The molecule has 0 amide bonds. The molecular formula is C12H13N5O2. The highest BCUT2D eigenvalue weighted by molar-refractivity contribution is 6.45. The minimum atomic E-state index is -0.443. The van der Waals surface area contributed by atoms with Crippen LogP contribution in [0.25, 0.3) is 0 Å². The largest absolute Gasteiger partial charge is 0.382 e. The van der Waals surface area contributed by atoms with E-state index in [1.807, 2.05) is 18.2 Å². The number of rotatable bonds is 4. The summed E-state index contributed by atoms with van der Waals surface area (Å²) in [4.78, 5) is 0. The molecule has 0 aromatic heterocycles. The average molecular weight is 259 g/mol. The van der Waals surface area contributed by atoms with E-state index in [1.165, 1.54) is 0 Å². The number of nitrogens with zero attached hydrogens (tertiary/aromatic N) is 2. The van der Waals surface area contributed by atoms with Gasteiger partial charge in [-0.1, -0.05) is 18.2 Å². The molecule has 0 bridgehead atoms. The molecule has 0 spiro atoms. The van der Waals surface area contributed by atoms with Crippen LogP contribution >= 0.6 is 0 Å². The monoisotopic (exact) mass is 259 g/mol. The van der Waals surface area contributed by atoms with E-state index in [1.54, 1.807) is 12.1 Å². The van der Waals surface area contributed by atoms with Gasteiger partial charge >= 0.3 is 0 Å². The van der Waals surface area contributed by atoms with Gasteiger partial charge in [0.1, 0.15) is 6.07 Å². The van der Waals surface area contributed by atoms with Crippen LogP contribution < -0.4 is 11.2 Å². The van der Waals surface area contributed by atoms with Crippen LogP contribution in [0.2, 0.25) is 0 Å². The maximum absolute atomic E-state index is 8.76. The van der Waals surface area contributed by atoms with Crippen LogP contribution in [-0.2, 0) is 9.47 Å². The second-order valence-corrected chi connectivity index (χ2v) is 3.76. The van der Waals surface area contributed by atoms with Crippen molar-refractivity contribution in [3.8, 4) is 6.07 Å². The van der Waals surface area contributed by atoms with Crippen LogP contribution in [0, 0.1) is 16.7 Å². The molecule has 7 nitrogen and oxygen atoms in total. The van der Waals surface area contributed by atoms with E-state index in [4.69, 9.17) is 25.9 Å². The van der Waals surface area contributed by atoms with Crippen molar-refractivity contribution in [3.63, 3.8) is 0 Å². The molecule has 1 saturated heterocycles. The summed E-state index contributed by atoms with van der Waals surface area (Å²) in [5, 5.41) is 19.7. The molecule has 1 aromatic rings. The molecule has 7 heteroatoms. The summed E-state index contributed by atoms with van der Waals surface area (Å²) in [5.74, 6) is -0.388. The smallest absolute Gasteiger partial charge is 0.201 e. The Bertz CT molecular complexity index is 543. The van der Waals surface area contributed by atoms with Gasteiger partial charge in [-0.15, -0.1) is 0 Å². The lowest BCUT2D eigenvalue weighted by Crippen LogP contribution is -2.22. The van der Waals surface area contributed by atoms with Crippen molar-refractivity contribution < 1.29 is 9.47 Å². The third-order valence-corrected chi connectivity index (χ3v) is 2.49. The number of benzene rings is 1. The molecule has 0 aliphatic carbocycles. The Labute approximate surface area is 110 Å². The van der Waals surface area contributed by atoms with Crippen LogP contribution in [0.4, 0.5) is 5.69 Å². The zero-order chi connectivity index (χ0) is 13.7. The Morgan fingerprint density at radius 2 is 2.11 bits per heavy atom. The summed E-state index contributed by atoms with van der Waals surface area (Å²) in [6.45, 7) is 1.08. The van der Waals surface area contributed by atoms with Gasteiger partial charge in [0.05, 0.1) is 18.9 Å². The SMILES string of the molecule is N#C/C(=N\Nc1ccccc1C1OCCO1)C(=N)N. The van der Waals surface area contributed by atoms with Crippen LogP contribution in [-0.4, -0.2) is 24.8 Å². The lowest BCUT2D eigenvalue weighted by molar-refractivity contribution is -0.0435. The van der Waals surface area contributed by atoms with Crippen molar-refractivity contribution in [3.05, 3.63) is 29.8 Å². The summed E-state index contributed by atoms with van der Waals surface area (Å²) in [6, 6.07) is 9.02. The number of hydrazone groups is 1. The highest BCUT2D eigenvalue weighted by atomic mass is 16.7. The van der Waals surface area contributed by atoms with E-state index in [-0.39, 0.29) is 11.5 Å². The van der Waals surface area contributed by atoms with Gasteiger partial charge in [-0.3, -0.25) is 10.8 Å². The standard InChI is InChI=1S/C12H13N5O2/c13-7-10(11(14)15)17-16-9-4-2-1-3-8(9)12-18-5-6-19-12/h1-4,12,16H,5-6H2,(H3,14,15)/b17-10+. The highest BCUT2D eigenvalue weighted by Gasteiger charge is 2.20. The Morgan fingerprint density at radius 3 is 2.74 bits per heavy atom. The number of amidine groups is 1. The van der Waals surface area contributed by atoms with Crippen LogP contribution in [0.5, 0.6) is 0 Å². The molecule has 1 fully saturated rings.